The van der Waals surface area contributed by atoms with E-state index in [0.29, 0.717) is 17.9 Å². The Labute approximate surface area is 248 Å². The lowest BCUT2D eigenvalue weighted by molar-refractivity contribution is -0.136. The number of nitrogens with zero attached hydrogens (tertiary/aromatic N) is 1. The van der Waals surface area contributed by atoms with Crippen molar-refractivity contribution in [3.05, 3.63) is 131 Å². The molecule has 0 fully saturated rings. The van der Waals surface area contributed by atoms with Crippen LogP contribution in [-0.2, 0) is 17.8 Å². The fraction of sp³-hybridized carbons (Fsp3) is 0.265. The van der Waals surface area contributed by atoms with E-state index in [4.69, 9.17) is 14.6 Å². The van der Waals surface area contributed by atoms with Crippen LogP contribution in [0.5, 0.6) is 11.5 Å². The maximum absolute atomic E-state index is 14.6. The molecule has 5 nitrogen and oxygen atoms in total. The summed E-state index contributed by atoms with van der Waals surface area (Å²) in [5, 5.41) is 9.11. The van der Waals surface area contributed by atoms with E-state index in [-0.39, 0.29) is 42.4 Å². The molecule has 4 rings (SSSR count). The highest BCUT2D eigenvalue weighted by Crippen LogP contribution is 2.27. The molecule has 0 spiro atoms. The zero-order valence-corrected chi connectivity index (χ0v) is 24.2. The molecule has 0 aliphatic heterocycles. The van der Waals surface area contributed by atoms with Crippen molar-refractivity contribution in [2.75, 3.05) is 20.2 Å². The average Bonchev–Trinajstić information content (AvgIpc) is 2.95. The molecule has 41 heavy (non-hydrogen) atoms. The first-order chi connectivity index (χ1) is 19.4. The van der Waals surface area contributed by atoms with Gasteiger partial charge in [0.1, 0.15) is 5.75 Å². The fourth-order valence-electron chi connectivity index (χ4n) is 4.89. The summed E-state index contributed by atoms with van der Waals surface area (Å²) in [7, 11) is 1.47. The molecule has 1 unspecified atom stereocenters. The number of halogens is 2. The van der Waals surface area contributed by atoms with Crippen LogP contribution >= 0.6 is 12.4 Å². The minimum atomic E-state index is -0.873. The van der Waals surface area contributed by atoms with E-state index >= 15 is 0 Å². The van der Waals surface area contributed by atoms with E-state index in [1.54, 1.807) is 24.3 Å². The molecule has 0 amide bonds. The Morgan fingerprint density at radius 2 is 1.54 bits per heavy atom. The second kappa shape index (κ2) is 15.8. The van der Waals surface area contributed by atoms with Gasteiger partial charge in [-0.25, -0.2) is 4.39 Å². The van der Waals surface area contributed by atoms with Gasteiger partial charge < -0.3 is 14.6 Å². The van der Waals surface area contributed by atoms with Gasteiger partial charge in [0.25, 0.3) is 0 Å². The Balaban J connectivity index is 0.00000462. The van der Waals surface area contributed by atoms with Gasteiger partial charge in [0.05, 0.1) is 19.6 Å². The first-order valence-corrected chi connectivity index (χ1v) is 13.5. The van der Waals surface area contributed by atoms with Crippen LogP contribution in [0.25, 0.3) is 0 Å². The number of rotatable bonds is 14. The molecule has 0 heterocycles. The van der Waals surface area contributed by atoms with Crippen LogP contribution in [0.4, 0.5) is 4.39 Å². The lowest BCUT2D eigenvalue weighted by Gasteiger charge is -2.29. The van der Waals surface area contributed by atoms with Gasteiger partial charge in [-0.2, -0.15) is 0 Å². The molecule has 0 saturated carbocycles. The maximum Gasteiger partial charge on any atom is 0.307 e. The van der Waals surface area contributed by atoms with Gasteiger partial charge in [0.15, 0.2) is 11.6 Å². The molecule has 0 aliphatic rings. The maximum atomic E-state index is 14.6. The second-order valence-electron chi connectivity index (χ2n) is 10.0. The van der Waals surface area contributed by atoms with E-state index in [1.165, 1.54) is 18.2 Å². The van der Waals surface area contributed by atoms with Gasteiger partial charge in [-0.15, -0.1) is 12.4 Å². The number of methoxy groups -OCH3 is 1. The van der Waals surface area contributed by atoms with E-state index < -0.39 is 5.97 Å². The number of hydrogen-bond acceptors (Lipinski definition) is 4. The van der Waals surface area contributed by atoms with Crippen LogP contribution in [0.1, 0.15) is 41.5 Å². The number of carboxylic acid groups (broad SMARTS) is 1. The van der Waals surface area contributed by atoms with Gasteiger partial charge in [0, 0.05) is 25.6 Å². The smallest absolute Gasteiger partial charge is 0.307 e. The predicted molar refractivity (Wildman–Crippen MR) is 163 cm³/mol. The lowest BCUT2D eigenvalue weighted by atomic mass is 9.90. The molecular formula is C34H37ClFNO4. The molecule has 216 valence electrons. The van der Waals surface area contributed by atoms with E-state index in [9.17, 15) is 9.18 Å². The minimum absolute atomic E-state index is 0. The van der Waals surface area contributed by atoms with E-state index in [0.717, 1.165) is 25.1 Å². The average molecular weight is 578 g/mol. The van der Waals surface area contributed by atoms with E-state index in [2.05, 4.69) is 53.4 Å². The van der Waals surface area contributed by atoms with Gasteiger partial charge >= 0.3 is 5.97 Å². The Morgan fingerprint density at radius 1 is 0.878 bits per heavy atom. The van der Waals surface area contributed by atoms with Gasteiger partial charge in [-0.1, -0.05) is 78.9 Å². The Kier molecular flexibility index (Phi) is 12.2. The topological polar surface area (TPSA) is 59.0 Å². The minimum Gasteiger partial charge on any atom is -0.494 e. The van der Waals surface area contributed by atoms with Crippen molar-refractivity contribution in [1.29, 1.82) is 0 Å². The monoisotopic (exact) mass is 577 g/mol. The molecule has 4 aromatic rings. The summed E-state index contributed by atoms with van der Waals surface area (Å²) >= 11 is 0. The molecule has 0 bridgehead atoms. The van der Waals surface area contributed by atoms with Crippen LogP contribution in [-0.4, -0.2) is 42.3 Å². The van der Waals surface area contributed by atoms with E-state index in [1.807, 2.05) is 37.3 Å². The lowest BCUT2D eigenvalue weighted by Crippen LogP contribution is -2.32. The zero-order chi connectivity index (χ0) is 28.3. The Morgan fingerprint density at radius 3 is 2.12 bits per heavy atom. The summed E-state index contributed by atoms with van der Waals surface area (Å²) in [6.07, 6.45) is 0.582. The summed E-state index contributed by atoms with van der Waals surface area (Å²) in [5.41, 5.74) is 4.01. The van der Waals surface area contributed by atoms with Crippen molar-refractivity contribution in [1.82, 2.24) is 4.90 Å². The molecule has 4 aromatic carbocycles. The van der Waals surface area contributed by atoms with Crippen molar-refractivity contribution >= 4 is 18.4 Å². The molecule has 0 aliphatic carbocycles. The number of carbonyl (C=O) groups is 1. The summed E-state index contributed by atoms with van der Waals surface area (Å²) in [6, 6.07) is 33.2. The van der Waals surface area contributed by atoms with Gasteiger partial charge in [0.2, 0.25) is 0 Å². The number of aliphatic carboxylic acids is 1. The number of carboxylic acids is 1. The van der Waals surface area contributed by atoms with Crippen LogP contribution in [0.2, 0.25) is 0 Å². The molecule has 7 heteroatoms. The first kappa shape index (κ1) is 31.7. The predicted octanol–water partition coefficient (Wildman–Crippen LogP) is 7.37. The van der Waals surface area contributed by atoms with Crippen LogP contribution in [0.15, 0.2) is 103 Å². The third-order valence-corrected chi connectivity index (χ3v) is 6.91. The molecule has 0 saturated heterocycles. The molecule has 1 N–H and O–H groups in total. The largest absolute Gasteiger partial charge is 0.494 e. The molecule has 0 aromatic heterocycles. The SMILES string of the molecule is COc1ccc(CN(CCC(C)Oc2cccc(CC(=O)O)c2)CC(c2ccccc2)c2ccccc2)cc1F.Cl. The first-order valence-electron chi connectivity index (χ1n) is 13.5. The van der Waals surface area contributed by atoms with Gasteiger partial charge in [-0.3, -0.25) is 9.69 Å². The molecular weight excluding hydrogens is 541 g/mol. The highest BCUT2D eigenvalue weighted by Gasteiger charge is 2.20. The summed E-state index contributed by atoms with van der Waals surface area (Å²) in [5.74, 6) is -0.229. The number of hydrogen-bond donors (Lipinski definition) is 1. The molecule has 0 radical (unpaired) electrons. The fourth-order valence-corrected chi connectivity index (χ4v) is 4.89. The van der Waals surface area contributed by atoms with Crippen molar-refractivity contribution in [2.45, 2.75) is 38.3 Å². The zero-order valence-electron chi connectivity index (χ0n) is 23.4. The molecule has 1 atom stereocenters. The number of ether oxygens (including phenoxy) is 2. The Hall–Kier alpha value is -3.87. The third kappa shape index (κ3) is 9.62. The number of benzene rings is 4. The van der Waals surface area contributed by atoms with Crippen molar-refractivity contribution < 1.29 is 23.8 Å². The van der Waals surface area contributed by atoms with Crippen LogP contribution in [0.3, 0.4) is 0 Å². The van der Waals surface area contributed by atoms with Crippen molar-refractivity contribution in [2.24, 2.45) is 0 Å². The summed E-state index contributed by atoms with van der Waals surface area (Å²) < 4.78 is 25.8. The van der Waals surface area contributed by atoms with Gasteiger partial charge in [-0.05, 0) is 59.9 Å². The van der Waals surface area contributed by atoms with Crippen LogP contribution < -0.4 is 9.47 Å². The quantitative estimate of drug-likeness (QED) is 0.169. The van der Waals surface area contributed by atoms with Crippen molar-refractivity contribution in [3.63, 3.8) is 0 Å². The van der Waals surface area contributed by atoms with Crippen LogP contribution in [0, 0.1) is 5.82 Å². The highest BCUT2D eigenvalue weighted by atomic mass is 35.5. The summed E-state index contributed by atoms with van der Waals surface area (Å²) in [4.78, 5) is 13.4. The third-order valence-electron chi connectivity index (χ3n) is 6.91. The highest BCUT2D eigenvalue weighted by molar-refractivity contribution is 5.85. The second-order valence-corrected chi connectivity index (χ2v) is 10.0. The standard InChI is InChI=1S/C34H36FNO4.ClH/c1-25(40-30-15-9-10-26(20-30)22-34(37)38)18-19-36(23-27-16-17-33(39-2)32(35)21-27)24-31(28-11-5-3-6-12-28)29-13-7-4-8-14-29;/h3-17,20-21,25,31H,18-19,22-24H2,1-2H3,(H,37,38);1H. The Bertz CT molecular complexity index is 1330. The van der Waals surface area contributed by atoms with Crippen molar-refractivity contribution in [3.8, 4) is 11.5 Å². The summed E-state index contributed by atoms with van der Waals surface area (Å²) in [6.45, 7) is 4.04. The normalized spacial score (nSPS) is 11.6.